The Morgan fingerprint density at radius 2 is 1.85 bits per heavy atom. The Balaban J connectivity index is 2.51. The number of nitrogens with zero attached hydrogens (tertiary/aromatic N) is 3. The largest absolute Gasteiger partial charge is 0.309 e. The van der Waals surface area contributed by atoms with Crippen molar-refractivity contribution in [2.24, 2.45) is 0 Å². The van der Waals surface area contributed by atoms with Crippen molar-refractivity contribution in [1.82, 2.24) is 25.0 Å². The Morgan fingerprint density at radius 3 is 2.30 bits per heavy atom. The molecule has 0 spiro atoms. The minimum absolute atomic E-state index is 0.0949. The van der Waals surface area contributed by atoms with E-state index < -0.39 is 15.6 Å². The average Bonchev–Trinajstić information content (AvgIpc) is 2.60. The van der Waals surface area contributed by atoms with E-state index in [0.29, 0.717) is 13.1 Å². The Kier molecular flexibility index (Phi) is 4.94. The normalized spacial score (nSPS) is 13.7. The summed E-state index contributed by atoms with van der Waals surface area (Å²) in [5.41, 5.74) is 0.186. The molecule has 0 amide bonds. The third-order valence-electron chi connectivity index (χ3n) is 2.56. The van der Waals surface area contributed by atoms with E-state index in [1.165, 1.54) is 0 Å². The molecule has 1 aromatic heterocycles. The zero-order chi connectivity index (χ0) is 15.6. The summed E-state index contributed by atoms with van der Waals surface area (Å²) in [7, 11) is -3.21. The second-order valence-corrected chi connectivity index (χ2v) is 8.44. The Hall–Kier alpha value is -0.990. The van der Waals surface area contributed by atoms with Crippen LogP contribution >= 0.6 is 0 Å². The molecule has 8 heteroatoms. The second-order valence-electron chi connectivity index (χ2n) is 6.69. The fourth-order valence-corrected chi connectivity index (χ4v) is 2.82. The van der Waals surface area contributed by atoms with E-state index in [-0.39, 0.29) is 5.54 Å². The van der Waals surface area contributed by atoms with Crippen LogP contribution in [0.4, 0.5) is 0 Å². The summed E-state index contributed by atoms with van der Waals surface area (Å²) in [4.78, 5) is 0. The molecular weight excluding hydrogens is 278 g/mol. The molecular formula is C12H25N5O2S. The number of sulfonamides is 1. The van der Waals surface area contributed by atoms with Crippen LogP contribution in [0, 0.1) is 0 Å². The smallest absolute Gasteiger partial charge is 0.209 e. The number of nitrogens with one attached hydrogen (secondary N) is 2. The molecule has 0 unspecified atom stereocenters. The van der Waals surface area contributed by atoms with Crippen molar-refractivity contribution in [3.63, 3.8) is 0 Å². The first kappa shape index (κ1) is 17.1. The summed E-state index contributed by atoms with van der Waals surface area (Å²) in [6.45, 7) is 10.9. The van der Waals surface area contributed by atoms with Gasteiger partial charge in [0.05, 0.1) is 23.7 Å². The van der Waals surface area contributed by atoms with E-state index in [4.69, 9.17) is 0 Å². The first-order valence-electron chi connectivity index (χ1n) is 6.50. The van der Waals surface area contributed by atoms with Crippen LogP contribution in [0.15, 0.2) is 6.20 Å². The van der Waals surface area contributed by atoms with Crippen molar-refractivity contribution in [2.45, 2.75) is 52.2 Å². The standard InChI is InChI=1S/C12H25N5O2S/c1-11(2,3)17-8-10(14-16-17)7-13-9-12(4,5)15-20(6,18)19/h8,13,15H,7,9H2,1-6H3. The van der Waals surface area contributed by atoms with E-state index in [0.717, 1.165) is 11.9 Å². The van der Waals surface area contributed by atoms with Crippen molar-refractivity contribution in [3.05, 3.63) is 11.9 Å². The third kappa shape index (κ3) is 5.98. The molecule has 7 nitrogen and oxygen atoms in total. The van der Waals surface area contributed by atoms with E-state index in [2.05, 4.69) is 41.1 Å². The van der Waals surface area contributed by atoms with Gasteiger partial charge in [-0.15, -0.1) is 5.10 Å². The van der Waals surface area contributed by atoms with Crippen LogP contribution in [0.5, 0.6) is 0 Å². The van der Waals surface area contributed by atoms with Gasteiger partial charge in [0.15, 0.2) is 0 Å². The summed E-state index contributed by atoms with van der Waals surface area (Å²) < 4.78 is 26.8. The van der Waals surface area contributed by atoms with Crippen LogP contribution in [0.3, 0.4) is 0 Å². The lowest BCUT2D eigenvalue weighted by Crippen LogP contribution is -2.49. The topological polar surface area (TPSA) is 88.9 Å². The molecule has 0 saturated carbocycles. The summed E-state index contributed by atoms with van der Waals surface area (Å²) in [6.07, 6.45) is 3.05. The second kappa shape index (κ2) is 5.79. The van der Waals surface area contributed by atoms with E-state index in [1.54, 1.807) is 0 Å². The molecule has 0 radical (unpaired) electrons. The van der Waals surface area contributed by atoms with Crippen molar-refractivity contribution in [2.75, 3.05) is 12.8 Å². The predicted molar refractivity (Wildman–Crippen MR) is 78.8 cm³/mol. The molecule has 0 aliphatic heterocycles. The molecule has 0 aliphatic carbocycles. The molecule has 1 rings (SSSR count). The first-order chi connectivity index (χ1) is 8.89. The van der Waals surface area contributed by atoms with Crippen molar-refractivity contribution < 1.29 is 8.42 Å². The molecule has 0 atom stereocenters. The van der Waals surface area contributed by atoms with Gasteiger partial charge in [-0.2, -0.15) is 0 Å². The van der Waals surface area contributed by atoms with Crippen molar-refractivity contribution in [3.8, 4) is 0 Å². The number of hydrogen-bond donors (Lipinski definition) is 2. The molecule has 0 bridgehead atoms. The number of hydrogen-bond acceptors (Lipinski definition) is 5. The molecule has 2 N–H and O–H groups in total. The van der Waals surface area contributed by atoms with Gasteiger partial charge in [0.25, 0.3) is 0 Å². The fraction of sp³-hybridized carbons (Fsp3) is 0.833. The Morgan fingerprint density at radius 1 is 1.25 bits per heavy atom. The average molecular weight is 303 g/mol. The maximum atomic E-state index is 11.2. The van der Waals surface area contributed by atoms with Crippen molar-refractivity contribution >= 4 is 10.0 Å². The number of rotatable bonds is 6. The highest BCUT2D eigenvalue weighted by Gasteiger charge is 2.22. The molecule has 1 aromatic rings. The maximum Gasteiger partial charge on any atom is 0.209 e. The lowest BCUT2D eigenvalue weighted by Gasteiger charge is -2.25. The molecule has 0 fully saturated rings. The van der Waals surface area contributed by atoms with Gasteiger partial charge in [0.1, 0.15) is 0 Å². The lowest BCUT2D eigenvalue weighted by atomic mass is 10.1. The van der Waals surface area contributed by atoms with Crippen LogP contribution in [0.1, 0.15) is 40.3 Å². The number of aromatic nitrogens is 3. The van der Waals surface area contributed by atoms with E-state index in [9.17, 15) is 8.42 Å². The van der Waals surface area contributed by atoms with Gasteiger partial charge < -0.3 is 5.32 Å². The Labute approximate surface area is 121 Å². The van der Waals surface area contributed by atoms with Crippen LogP contribution in [-0.2, 0) is 22.1 Å². The van der Waals surface area contributed by atoms with Crippen molar-refractivity contribution in [1.29, 1.82) is 0 Å². The minimum atomic E-state index is -3.21. The first-order valence-corrected chi connectivity index (χ1v) is 8.40. The fourth-order valence-electron chi connectivity index (χ4n) is 1.75. The monoisotopic (exact) mass is 303 g/mol. The predicted octanol–water partition coefficient (Wildman–Crippen LogP) is 0.451. The van der Waals surface area contributed by atoms with Crippen LogP contribution in [0.2, 0.25) is 0 Å². The Bertz CT molecular complexity index is 542. The zero-order valence-corrected chi connectivity index (χ0v) is 13.9. The molecule has 20 heavy (non-hydrogen) atoms. The maximum absolute atomic E-state index is 11.2. The third-order valence-corrected chi connectivity index (χ3v) is 3.49. The highest BCUT2D eigenvalue weighted by Crippen LogP contribution is 2.11. The molecule has 0 aliphatic rings. The van der Waals surface area contributed by atoms with E-state index >= 15 is 0 Å². The van der Waals surface area contributed by atoms with Gasteiger partial charge in [-0.3, -0.25) is 0 Å². The van der Waals surface area contributed by atoms with Gasteiger partial charge in [-0.25, -0.2) is 17.8 Å². The van der Waals surface area contributed by atoms with Crippen LogP contribution < -0.4 is 10.0 Å². The SMILES string of the molecule is CC(C)(CNCc1cn(C(C)(C)C)nn1)NS(C)(=O)=O. The molecule has 0 saturated heterocycles. The summed E-state index contributed by atoms with van der Waals surface area (Å²) >= 11 is 0. The van der Waals surface area contributed by atoms with Crippen LogP contribution in [-0.4, -0.2) is 41.8 Å². The van der Waals surface area contributed by atoms with E-state index in [1.807, 2.05) is 24.7 Å². The highest BCUT2D eigenvalue weighted by molar-refractivity contribution is 7.88. The molecule has 1 heterocycles. The molecule has 0 aromatic carbocycles. The van der Waals surface area contributed by atoms with Gasteiger partial charge in [-0.1, -0.05) is 5.21 Å². The quantitative estimate of drug-likeness (QED) is 0.796. The lowest BCUT2D eigenvalue weighted by molar-refractivity contribution is 0.346. The van der Waals surface area contributed by atoms with Gasteiger partial charge >= 0.3 is 0 Å². The van der Waals surface area contributed by atoms with Crippen LogP contribution in [0.25, 0.3) is 0 Å². The highest BCUT2D eigenvalue weighted by atomic mass is 32.2. The molecule has 116 valence electrons. The summed E-state index contributed by atoms with van der Waals surface area (Å²) in [5, 5.41) is 11.4. The van der Waals surface area contributed by atoms with Gasteiger partial charge in [0, 0.05) is 18.6 Å². The summed E-state index contributed by atoms with van der Waals surface area (Å²) in [6, 6.07) is 0. The van der Waals surface area contributed by atoms with Gasteiger partial charge in [0.2, 0.25) is 10.0 Å². The summed E-state index contributed by atoms with van der Waals surface area (Å²) in [5.74, 6) is 0. The zero-order valence-electron chi connectivity index (χ0n) is 13.1. The minimum Gasteiger partial charge on any atom is -0.309 e. The van der Waals surface area contributed by atoms with Gasteiger partial charge in [-0.05, 0) is 34.6 Å².